The van der Waals surface area contributed by atoms with E-state index < -0.39 is 0 Å². The first kappa shape index (κ1) is 12.6. The Hall–Kier alpha value is -0.450. The standard InChI is InChI=1S/C14H22N2OS/c1-17-9-14-15-12(10-18-14)8-16-7-3-5-11-4-2-6-13(11)16/h10-11,13H,2-9H2,1H3. The van der Waals surface area contributed by atoms with Gasteiger partial charge in [-0.2, -0.15) is 0 Å². The van der Waals surface area contributed by atoms with Gasteiger partial charge in [-0.1, -0.05) is 6.42 Å². The number of hydrogen-bond donors (Lipinski definition) is 0. The summed E-state index contributed by atoms with van der Waals surface area (Å²) in [6.45, 7) is 2.95. The van der Waals surface area contributed by atoms with Crippen LogP contribution in [-0.4, -0.2) is 29.6 Å². The van der Waals surface area contributed by atoms with Crippen LogP contribution in [0.25, 0.3) is 0 Å². The highest BCUT2D eigenvalue weighted by Crippen LogP contribution is 2.37. The van der Waals surface area contributed by atoms with Gasteiger partial charge in [-0.05, 0) is 38.1 Å². The number of methoxy groups -OCH3 is 1. The third kappa shape index (κ3) is 2.60. The molecule has 1 saturated carbocycles. The van der Waals surface area contributed by atoms with E-state index >= 15 is 0 Å². The van der Waals surface area contributed by atoms with Crippen LogP contribution >= 0.6 is 11.3 Å². The third-order valence-corrected chi connectivity index (χ3v) is 5.21. The van der Waals surface area contributed by atoms with Crippen LogP contribution in [0.4, 0.5) is 0 Å². The Bertz CT molecular complexity index is 393. The molecule has 0 bridgehead atoms. The molecule has 0 radical (unpaired) electrons. The molecule has 2 heterocycles. The third-order valence-electron chi connectivity index (χ3n) is 4.34. The number of piperidine rings is 1. The molecule has 1 aromatic rings. The van der Waals surface area contributed by atoms with Gasteiger partial charge >= 0.3 is 0 Å². The van der Waals surface area contributed by atoms with E-state index in [0.717, 1.165) is 23.5 Å². The minimum atomic E-state index is 0.650. The Balaban J connectivity index is 1.63. The molecule has 1 aliphatic carbocycles. The predicted octanol–water partition coefficient (Wildman–Crippen LogP) is 3.05. The molecule has 4 heteroatoms. The Labute approximate surface area is 113 Å². The van der Waals surface area contributed by atoms with Crippen LogP contribution in [0.1, 0.15) is 42.8 Å². The largest absolute Gasteiger partial charge is 0.378 e. The van der Waals surface area contributed by atoms with Gasteiger partial charge in [0.1, 0.15) is 5.01 Å². The molecule has 18 heavy (non-hydrogen) atoms. The highest BCUT2D eigenvalue weighted by atomic mass is 32.1. The van der Waals surface area contributed by atoms with Crippen molar-refractivity contribution in [1.29, 1.82) is 0 Å². The van der Waals surface area contributed by atoms with E-state index in [-0.39, 0.29) is 0 Å². The summed E-state index contributed by atoms with van der Waals surface area (Å²) in [5, 5.41) is 3.31. The van der Waals surface area contributed by atoms with Crippen LogP contribution in [0.3, 0.4) is 0 Å². The fourth-order valence-corrected chi connectivity index (χ4v) is 4.33. The Morgan fingerprint density at radius 3 is 3.17 bits per heavy atom. The Morgan fingerprint density at radius 1 is 1.39 bits per heavy atom. The zero-order valence-electron chi connectivity index (χ0n) is 11.1. The maximum absolute atomic E-state index is 5.13. The molecule has 2 atom stereocenters. The second kappa shape index (κ2) is 5.68. The summed E-state index contributed by atoms with van der Waals surface area (Å²) in [5.41, 5.74) is 1.24. The lowest BCUT2D eigenvalue weighted by Crippen LogP contribution is -2.41. The van der Waals surface area contributed by atoms with E-state index in [1.54, 1.807) is 18.4 Å². The number of nitrogens with zero attached hydrogens (tertiary/aromatic N) is 2. The zero-order valence-corrected chi connectivity index (χ0v) is 11.9. The zero-order chi connectivity index (χ0) is 12.4. The van der Waals surface area contributed by atoms with Crippen molar-refractivity contribution in [2.75, 3.05) is 13.7 Å². The summed E-state index contributed by atoms with van der Waals surface area (Å²) in [7, 11) is 1.73. The van der Waals surface area contributed by atoms with Crippen LogP contribution in [0.15, 0.2) is 5.38 Å². The highest BCUT2D eigenvalue weighted by molar-refractivity contribution is 7.09. The van der Waals surface area contributed by atoms with Crippen molar-refractivity contribution in [3.8, 4) is 0 Å². The summed E-state index contributed by atoms with van der Waals surface area (Å²) in [6.07, 6.45) is 7.11. The average molecular weight is 266 g/mol. The van der Waals surface area contributed by atoms with Gasteiger partial charge in [0.2, 0.25) is 0 Å². The molecule has 0 N–H and O–H groups in total. The van der Waals surface area contributed by atoms with E-state index in [1.807, 2.05) is 0 Å². The first-order valence-corrected chi connectivity index (χ1v) is 7.91. The Kier molecular flexibility index (Phi) is 3.97. The van der Waals surface area contributed by atoms with Crippen molar-refractivity contribution < 1.29 is 4.74 Å². The number of ether oxygens (including phenoxy) is 1. The number of rotatable bonds is 4. The summed E-state index contributed by atoms with van der Waals surface area (Å²) in [4.78, 5) is 7.33. The summed E-state index contributed by atoms with van der Waals surface area (Å²) < 4.78 is 5.13. The van der Waals surface area contributed by atoms with Gasteiger partial charge in [0.15, 0.2) is 0 Å². The number of fused-ring (bicyclic) bond motifs is 1. The Morgan fingerprint density at radius 2 is 2.28 bits per heavy atom. The SMILES string of the molecule is COCc1nc(CN2CCCC3CCCC32)cs1. The molecular formula is C14H22N2OS. The van der Waals surface area contributed by atoms with Gasteiger partial charge in [-0.15, -0.1) is 11.3 Å². The smallest absolute Gasteiger partial charge is 0.119 e. The van der Waals surface area contributed by atoms with Crippen molar-refractivity contribution >= 4 is 11.3 Å². The van der Waals surface area contributed by atoms with E-state index in [0.29, 0.717) is 6.61 Å². The molecule has 0 spiro atoms. The summed E-state index contributed by atoms with van der Waals surface area (Å²) in [5.74, 6) is 0.968. The van der Waals surface area contributed by atoms with Crippen molar-refractivity contribution in [2.24, 2.45) is 5.92 Å². The number of thiazole rings is 1. The molecule has 1 aliphatic heterocycles. The maximum atomic E-state index is 5.13. The van der Waals surface area contributed by atoms with Gasteiger partial charge in [0.25, 0.3) is 0 Å². The second-order valence-electron chi connectivity index (χ2n) is 5.54. The van der Waals surface area contributed by atoms with Crippen LogP contribution in [0.5, 0.6) is 0 Å². The van der Waals surface area contributed by atoms with Crippen LogP contribution in [-0.2, 0) is 17.9 Å². The van der Waals surface area contributed by atoms with Gasteiger partial charge in [0.05, 0.1) is 12.3 Å². The van der Waals surface area contributed by atoms with Crippen molar-refractivity contribution in [2.45, 2.75) is 51.3 Å². The molecule has 1 aromatic heterocycles. The highest BCUT2D eigenvalue weighted by Gasteiger charge is 2.34. The lowest BCUT2D eigenvalue weighted by atomic mass is 9.92. The van der Waals surface area contributed by atoms with Crippen molar-refractivity contribution in [3.05, 3.63) is 16.1 Å². The van der Waals surface area contributed by atoms with Gasteiger partial charge < -0.3 is 4.74 Å². The normalized spacial score (nSPS) is 28.5. The van der Waals surface area contributed by atoms with Gasteiger partial charge in [-0.25, -0.2) is 4.98 Å². The average Bonchev–Trinajstić information content (AvgIpc) is 2.99. The molecule has 2 unspecified atom stereocenters. The van der Waals surface area contributed by atoms with Crippen LogP contribution < -0.4 is 0 Å². The first-order chi connectivity index (χ1) is 8.86. The van der Waals surface area contributed by atoms with Crippen LogP contribution in [0.2, 0.25) is 0 Å². The van der Waals surface area contributed by atoms with Gasteiger partial charge in [0, 0.05) is 25.1 Å². The summed E-state index contributed by atoms with van der Waals surface area (Å²) in [6, 6.07) is 0.839. The molecule has 2 fully saturated rings. The fraction of sp³-hybridized carbons (Fsp3) is 0.786. The van der Waals surface area contributed by atoms with Gasteiger partial charge in [-0.3, -0.25) is 4.90 Å². The molecular weight excluding hydrogens is 244 g/mol. The number of likely N-dealkylation sites (tertiary alicyclic amines) is 1. The predicted molar refractivity (Wildman–Crippen MR) is 73.6 cm³/mol. The molecule has 3 nitrogen and oxygen atoms in total. The lowest BCUT2D eigenvalue weighted by molar-refractivity contribution is 0.104. The minimum Gasteiger partial charge on any atom is -0.378 e. The fourth-order valence-electron chi connectivity index (χ4n) is 3.57. The monoisotopic (exact) mass is 266 g/mol. The van der Waals surface area contributed by atoms with Crippen molar-refractivity contribution in [3.63, 3.8) is 0 Å². The maximum Gasteiger partial charge on any atom is 0.119 e. The molecule has 0 aromatic carbocycles. The minimum absolute atomic E-state index is 0.650. The van der Waals surface area contributed by atoms with Crippen molar-refractivity contribution in [1.82, 2.24) is 9.88 Å². The van der Waals surface area contributed by atoms with Crippen LogP contribution in [0, 0.1) is 5.92 Å². The van der Waals surface area contributed by atoms with E-state index in [9.17, 15) is 0 Å². The molecule has 3 rings (SSSR count). The first-order valence-electron chi connectivity index (χ1n) is 7.03. The van der Waals surface area contributed by atoms with E-state index in [1.165, 1.54) is 44.3 Å². The molecule has 1 saturated heterocycles. The topological polar surface area (TPSA) is 25.4 Å². The molecule has 100 valence electrons. The second-order valence-corrected chi connectivity index (χ2v) is 6.48. The molecule has 2 aliphatic rings. The number of hydrogen-bond acceptors (Lipinski definition) is 4. The quantitative estimate of drug-likeness (QED) is 0.837. The number of aromatic nitrogens is 1. The van der Waals surface area contributed by atoms with E-state index in [2.05, 4.69) is 15.3 Å². The van der Waals surface area contributed by atoms with E-state index in [4.69, 9.17) is 4.74 Å². The molecule has 0 amide bonds. The summed E-state index contributed by atoms with van der Waals surface area (Å²) >= 11 is 1.73. The lowest BCUT2D eigenvalue weighted by Gasteiger charge is -2.37.